The van der Waals surface area contributed by atoms with Crippen molar-refractivity contribution in [1.29, 1.82) is 0 Å². The number of methoxy groups -OCH3 is 2. The number of aromatic nitrogens is 3. The third-order valence-corrected chi connectivity index (χ3v) is 6.16. The highest BCUT2D eigenvalue weighted by atomic mass is 35.5. The van der Waals surface area contributed by atoms with E-state index in [0.717, 1.165) is 23.9 Å². The average Bonchev–Trinajstić information content (AvgIpc) is 3.20. The summed E-state index contributed by atoms with van der Waals surface area (Å²) in [6.45, 7) is 7.12. The second-order valence-corrected chi connectivity index (χ2v) is 8.29. The minimum absolute atomic E-state index is 0.208. The van der Waals surface area contributed by atoms with Crippen molar-refractivity contribution in [3.63, 3.8) is 0 Å². The summed E-state index contributed by atoms with van der Waals surface area (Å²) >= 11 is 6.60. The molecule has 0 spiro atoms. The molecule has 0 aliphatic rings. The molecule has 2 aromatic heterocycles. The van der Waals surface area contributed by atoms with Crippen LogP contribution in [0.1, 0.15) is 57.9 Å². The van der Waals surface area contributed by atoms with Crippen molar-refractivity contribution in [2.75, 3.05) is 26.1 Å². The Morgan fingerprint density at radius 1 is 1.09 bits per heavy atom. The minimum atomic E-state index is -0.208. The van der Waals surface area contributed by atoms with Crippen molar-refractivity contribution in [3.05, 3.63) is 34.9 Å². The van der Waals surface area contributed by atoms with Crippen LogP contribution >= 0.6 is 11.6 Å². The largest absolute Gasteiger partial charge is 0.481 e. The van der Waals surface area contributed by atoms with Crippen molar-refractivity contribution >= 4 is 40.2 Å². The fourth-order valence-electron chi connectivity index (χ4n) is 4.13. The first-order valence-electron chi connectivity index (χ1n) is 11.7. The molecule has 8 nitrogen and oxygen atoms in total. The standard InChI is InChI=1S/C25H33ClN4O4/c1-6-16(7-2)17-11-12-18(26)22-23(17)30(15-9-10-21(31)34-8-3)25(29-22)27-19-13-14-20(32-4)28-24(19)33-5/h11-14,16H,6-10,15H2,1-5H3,(H,27,29). The molecule has 9 heteroatoms. The maximum Gasteiger partial charge on any atom is 0.305 e. The van der Waals surface area contributed by atoms with Crippen molar-refractivity contribution in [1.82, 2.24) is 14.5 Å². The van der Waals surface area contributed by atoms with Gasteiger partial charge in [0.1, 0.15) is 11.2 Å². The normalized spacial score (nSPS) is 11.1. The molecule has 184 valence electrons. The quantitative estimate of drug-likeness (QED) is 0.308. The molecule has 1 aromatic carbocycles. The van der Waals surface area contributed by atoms with E-state index >= 15 is 0 Å². The Kier molecular flexibility index (Phi) is 8.98. The number of hydrogen-bond acceptors (Lipinski definition) is 7. The Hall–Kier alpha value is -3.00. The van der Waals surface area contributed by atoms with E-state index in [9.17, 15) is 4.79 Å². The van der Waals surface area contributed by atoms with Gasteiger partial charge in [0.2, 0.25) is 17.7 Å². The van der Waals surface area contributed by atoms with E-state index in [-0.39, 0.29) is 5.97 Å². The van der Waals surface area contributed by atoms with Gasteiger partial charge in [-0.25, -0.2) is 4.98 Å². The Morgan fingerprint density at radius 2 is 1.85 bits per heavy atom. The number of esters is 1. The van der Waals surface area contributed by atoms with Crippen LogP contribution in [0.4, 0.5) is 11.6 Å². The second kappa shape index (κ2) is 11.9. The molecular weight excluding hydrogens is 456 g/mol. The van der Waals surface area contributed by atoms with Crippen molar-refractivity contribution < 1.29 is 19.0 Å². The first-order valence-corrected chi connectivity index (χ1v) is 12.0. The smallest absolute Gasteiger partial charge is 0.305 e. The summed E-state index contributed by atoms with van der Waals surface area (Å²) in [5.41, 5.74) is 3.55. The van der Waals surface area contributed by atoms with E-state index in [1.54, 1.807) is 20.3 Å². The number of carbonyl (C=O) groups is 1. The topological polar surface area (TPSA) is 87.5 Å². The number of benzene rings is 1. The van der Waals surface area contributed by atoms with Crippen LogP contribution in [0.3, 0.4) is 0 Å². The lowest BCUT2D eigenvalue weighted by molar-refractivity contribution is -0.143. The van der Waals surface area contributed by atoms with Gasteiger partial charge in [0.05, 0.1) is 31.4 Å². The van der Waals surface area contributed by atoms with Crippen LogP contribution in [0.5, 0.6) is 11.8 Å². The van der Waals surface area contributed by atoms with Gasteiger partial charge in [-0.05, 0) is 49.8 Å². The van der Waals surface area contributed by atoms with Gasteiger partial charge in [-0.1, -0.05) is 31.5 Å². The third-order valence-electron chi connectivity index (χ3n) is 5.85. The fourth-order valence-corrected chi connectivity index (χ4v) is 4.32. The number of aryl methyl sites for hydroxylation is 1. The molecule has 0 amide bonds. The van der Waals surface area contributed by atoms with E-state index in [1.165, 1.54) is 5.56 Å². The third kappa shape index (κ3) is 5.55. The lowest BCUT2D eigenvalue weighted by Crippen LogP contribution is -2.10. The summed E-state index contributed by atoms with van der Waals surface area (Å²) in [7, 11) is 3.11. The maximum absolute atomic E-state index is 12.0. The summed E-state index contributed by atoms with van der Waals surface area (Å²) < 4.78 is 17.9. The van der Waals surface area contributed by atoms with Gasteiger partial charge < -0.3 is 24.1 Å². The Bertz CT molecular complexity index is 1130. The summed E-state index contributed by atoms with van der Waals surface area (Å²) in [4.78, 5) is 21.2. The van der Waals surface area contributed by atoms with Crippen LogP contribution < -0.4 is 14.8 Å². The summed E-state index contributed by atoms with van der Waals surface area (Å²) in [6.07, 6.45) is 2.92. The highest BCUT2D eigenvalue weighted by Crippen LogP contribution is 2.37. The predicted molar refractivity (Wildman–Crippen MR) is 135 cm³/mol. The number of rotatable bonds is 12. The first kappa shape index (κ1) is 25.6. The van der Waals surface area contributed by atoms with Crippen molar-refractivity contribution in [3.8, 4) is 11.8 Å². The zero-order valence-corrected chi connectivity index (χ0v) is 21.2. The number of anilines is 2. The first-order chi connectivity index (χ1) is 16.5. The highest BCUT2D eigenvalue weighted by molar-refractivity contribution is 6.35. The fraction of sp³-hybridized carbons (Fsp3) is 0.480. The molecule has 0 unspecified atom stereocenters. The Morgan fingerprint density at radius 3 is 2.50 bits per heavy atom. The lowest BCUT2D eigenvalue weighted by Gasteiger charge is -2.18. The van der Waals surface area contributed by atoms with Gasteiger partial charge >= 0.3 is 5.97 Å². The van der Waals surface area contributed by atoms with Crippen LogP contribution in [-0.2, 0) is 16.1 Å². The van der Waals surface area contributed by atoms with Crippen LogP contribution in [0.2, 0.25) is 5.02 Å². The Balaban J connectivity index is 2.10. The van der Waals surface area contributed by atoms with Crippen LogP contribution in [0, 0.1) is 0 Å². The number of fused-ring (bicyclic) bond motifs is 1. The van der Waals surface area contributed by atoms with E-state index in [2.05, 4.69) is 34.8 Å². The number of halogens is 1. The van der Waals surface area contributed by atoms with Crippen molar-refractivity contribution in [2.24, 2.45) is 0 Å². The number of imidazole rings is 1. The van der Waals surface area contributed by atoms with Crippen LogP contribution in [-0.4, -0.2) is 41.3 Å². The molecule has 0 aliphatic carbocycles. The molecule has 3 rings (SSSR count). The van der Waals surface area contributed by atoms with Gasteiger partial charge in [-0.3, -0.25) is 4.79 Å². The molecule has 2 heterocycles. The number of pyridine rings is 1. The van der Waals surface area contributed by atoms with Gasteiger partial charge in [0.25, 0.3) is 0 Å². The number of ether oxygens (including phenoxy) is 3. The molecule has 3 aromatic rings. The number of nitrogens with one attached hydrogen (secondary N) is 1. The Labute approximate surface area is 205 Å². The number of nitrogens with zero attached hydrogens (tertiary/aromatic N) is 3. The second-order valence-electron chi connectivity index (χ2n) is 7.88. The SMILES string of the molecule is CCOC(=O)CCCn1c(Nc2ccc(OC)nc2OC)nc2c(Cl)ccc(C(CC)CC)c21. The average molecular weight is 489 g/mol. The highest BCUT2D eigenvalue weighted by Gasteiger charge is 2.21. The number of hydrogen-bond donors (Lipinski definition) is 1. The molecule has 0 fully saturated rings. The summed E-state index contributed by atoms with van der Waals surface area (Å²) in [5.74, 6) is 1.59. The van der Waals surface area contributed by atoms with Gasteiger partial charge in [-0.2, -0.15) is 4.98 Å². The molecule has 0 radical (unpaired) electrons. The van der Waals surface area contributed by atoms with E-state index in [1.807, 2.05) is 19.1 Å². The zero-order valence-electron chi connectivity index (χ0n) is 20.5. The summed E-state index contributed by atoms with van der Waals surface area (Å²) in [6, 6.07) is 7.58. The molecule has 1 N–H and O–H groups in total. The summed E-state index contributed by atoms with van der Waals surface area (Å²) in [5, 5.41) is 3.94. The molecule has 0 saturated heterocycles. The molecule has 0 atom stereocenters. The minimum Gasteiger partial charge on any atom is -0.481 e. The van der Waals surface area contributed by atoms with E-state index in [0.29, 0.717) is 60.3 Å². The van der Waals surface area contributed by atoms with E-state index in [4.69, 9.17) is 30.8 Å². The molecule has 0 aliphatic heterocycles. The molecule has 0 bridgehead atoms. The van der Waals surface area contributed by atoms with Gasteiger partial charge in [0, 0.05) is 19.0 Å². The van der Waals surface area contributed by atoms with Gasteiger partial charge in [0.15, 0.2) is 0 Å². The van der Waals surface area contributed by atoms with Crippen LogP contribution in [0.15, 0.2) is 24.3 Å². The van der Waals surface area contributed by atoms with Gasteiger partial charge in [-0.15, -0.1) is 0 Å². The monoisotopic (exact) mass is 488 g/mol. The maximum atomic E-state index is 12.0. The number of carbonyl (C=O) groups excluding carboxylic acids is 1. The molecule has 0 saturated carbocycles. The lowest BCUT2D eigenvalue weighted by atomic mass is 9.93. The molecular formula is C25H33ClN4O4. The van der Waals surface area contributed by atoms with E-state index < -0.39 is 0 Å². The van der Waals surface area contributed by atoms with Crippen molar-refractivity contribution in [2.45, 2.75) is 58.9 Å². The van der Waals surface area contributed by atoms with Crippen LogP contribution in [0.25, 0.3) is 11.0 Å². The zero-order chi connectivity index (χ0) is 24.7. The predicted octanol–water partition coefficient (Wildman–Crippen LogP) is 6.09. The molecule has 34 heavy (non-hydrogen) atoms.